The molecule has 4 rings (SSSR count). The van der Waals surface area contributed by atoms with E-state index in [2.05, 4.69) is 53.0 Å². The van der Waals surface area contributed by atoms with Crippen molar-refractivity contribution < 1.29 is 9.53 Å². The van der Waals surface area contributed by atoms with Crippen LogP contribution >= 0.6 is 0 Å². The lowest BCUT2D eigenvalue weighted by Crippen LogP contribution is -2.40. The zero-order valence-electron chi connectivity index (χ0n) is 20.4. The third-order valence-corrected chi connectivity index (χ3v) is 5.35. The van der Waals surface area contributed by atoms with Crippen LogP contribution in [0.2, 0.25) is 0 Å². The molecule has 2 aromatic heterocycles. The summed E-state index contributed by atoms with van der Waals surface area (Å²) in [6.07, 6.45) is 6.64. The van der Waals surface area contributed by atoms with Gasteiger partial charge in [0.2, 0.25) is 0 Å². The number of ether oxygens (including phenoxy) is 1. The number of pyridine rings is 1. The van der Waals surface area contributed by atoms with Crippen molar-refractivity contribution in [2.45, 2.75) is 67.0 Å². The van der Waals surface area contributed by atoms with E-state index in [1.54, 1.807) is 0 Å². The molecule has 3 heterocycles. The molecule has 0 atom stereocenters. The summed E-state index contributed by atoms with van der Waals surface area (Å²) in [5.41, 5.74) is 6.41. The number of hydrogen-bond acceptors (Lipinski definition) is 3. The van der Waals surface area contributed by atoms with Gasteiger partial charge in [-0.05, 0) is 64.5 Å². The van der Waals surface area contributed by atoms with Gasteiger partial charge in [-0.1, -0.05) is 31.5 Å². The number of aryl methyl sites for hydroxylation is 2. The van der Waals surface area contributed by atoms with Crippen LogP contribution in [-0.2, 0) is 17.7 Å². The molecule has 0 saturated carbocycles. The van der Waals surface area contributed by atoms with Gasteiger partial charge < -0.3 is 14.2 Å². The van der Waals surface area contributed by atoms with Crippen molar-refractivity contribution in [1.29, 1.82) is 0 Å². The van der Waals surface area contributed by atoms with Crippen molar-refractivity contribution in [2.24, 2.45) is 0 Å². The number of carbonyl (C=O) groups is 1. The van der Waals surface area contributed by atoms with Crippen molar-refractivity contribution >= 4 is 29.3 Å². The van der Waals surface area contributed by atoms with Crippen LogP contribution in [0.15, 0.2) is 36.5 Å². The lowest BCUT2D eigenvalue weighted by molar-refractivity contribution is 0.0224. The fourth-order valence-electron chi connectivity index (χ4n) is 3.90. The molecule has 1 aliphatic rings. The largest absolute Gasteiger partial charge is 0.444 e. The first kappa shape index (κ1) is 23.6. The van der Waals surface area contributed by atoms with Gasteiger partial charge in [-0.3, -0.25) is 4.98 Å². The van der Waals surface area contributed by atoms with E-state index in [0.717, 1.165) is 23.2 Å². The maximum atomic E-state index is 12.6. The summed E-state index contributed by atoms with van der Waals surface area (Å²) in [5, 5.41) is 1.20. The number of benzene rings is 1. The second kappa shape index (κ2) is 9.60. The summed E-state index contributed by atoms with van der Waals surface area (Å²) in [6.45, 7) is 15.0. The average Bonchev–Trinajstić information content (AvgIpc) is 3.06. The lowest BCUT2D eigenvalue weighted by Gasteiger charge is -2.30. The summed E-state index contributed by atoms with van der Waals surface area (Å²) < 4.78 is 7.87. The Kier molecular flexibility index (Phi) is 7.07. The van der Waals surface area contributed by atoms with Crippen molar-refractivity contribution in [1.82, 2.24) is 14.5 Å². The van der Waals surface area contributed by atoms with Gasteiger partial charge in [0.25, 0.3) is 0 Å². The minimum absolute atomic E-state index is 0.247. The van der Waals surface area contributed by atoms with E-state index in [0.29, 0.717) is 13.1 Å². The first-order valence-corrected chi connectivity index (χ1v) is 11.4. The van der Waals surface area contributed by atoms with Crippen LogP contribution in [0.4, 0.5) is 4.79 Å². The van der Waals surface area contributed by atoms with Crippen molar-refractivity contribution in [3.8, 4) is 0 Å². The summed E-state index contributed by atoms with van der Waals surface area (Å²) in [6, 6.07) is 10.6. The highest BCUT2D eigenvalue weighted by molar-refractivity contribution is 5.89. The molecule has 0 bridgehead atoms. The van der Waals surface area contributed by atoms with Crippen molar-refractivity contribution in [3.63, 3.8) is 0 Å². The Morgan fingerprint density at radius 3 is 2.53 bits per heavy atom. The van der Waals surface area contributed by atoms with E-state index in [1.165, 1.54) is 22.2 Å². The van der Waals surface area contributed by atoms with Gasteiger partial charge in [-0.2, -0.15) is 0 Å². The molecule has 0 aliphatic carbocycles. The van der Waals surface area contributed by atoms with Crippen LogP contribution in [0.25, 0.3) is 23.2 Å². The van der Waals surface area contributed by atoms with Gasteiger partial charge in [-0.25, -0.2) is 4.79 Å². The molecular formula is C27H35N3O2. The van der Waals surface area contributed by atoms with Gasteiger partial charge >= 0.3 is 6.09 Å². The molecule has 170 valence electrons. The quantitative estimate of drug-likeness (QED) is 0.457. The SMILES string of the molecule is CC.Cc1ccc2c(c1)c1c(n2/C=C/c2ccc(C)nc2)CCN(C(=O)OC(C)(C)C)C1. The maximum absolute atomic E-state index is 12.6. The molecule has 1 amide bonds. The van der Waals surface area contributed by atoms with Crippen LogP contribution in [0.1, 0.15) is 62.7 Å². The first-order chi connectivity index (χ1) is 15.2. The average molecular weight is 434 g/mol. The number of carbonyl (C=O) groups excluding carboxylic acids is 1. The first-order valence-electron chi connectivity index (χ1n) is 11.4. The Morgan fingerprint density at radius 2 is 1.88 bits per heavy atom. The zero-order valence-corrected chi connectivity index (χ0v) is 20.4. The molecule has 1 aliphatic heterocycles. The Morgan fingerprint density at radius 1 is 1.12 bits per heavy atom. The molecule has 0 spiro atoms. The third-order valence-electron chi connectivity index (χ3n) is 5.35. The Labute approximate surface area is 191 Å². The molecule has 0 unspecified atom stereocenters. The number of nitrogens with zero attached hydrogens (tertiary/aromatic N) is 3. The summed E-state index contributed by atoms with van der Waals surface area (Å²) in [5.74, 6) is 0. The number of rotatable bonds is 2. The molecule has 0 saturated heterocycles. The van der Waals surface area contributed by atoms with E-state index in [-0.39, 0.29) is 6.09 Å². The molecule has 0 radical (unpaired) electrons. The number of amides is 1. The van der Waals surface area contributed by atoms with Gasteiger partial charge in [-0.15, -0.1) is 0 Å². The van der Waals surface area contributed by atoms with Gasteiger partial charge in [0, 0.05) is 47.7 Å². The highest BCUT2D eigenvalue weighted by Gasteiger charge is 2.29. The Balaban J connectivity index is 0.00000141. The van der Waals surface area contributed by atoms with Crippen molar-refractivity contribution in [3.05, 3.63) is 64.6 Å². The van der Waals surface area contributed by atoms with Crippen LogP contribution in [-0.4, -0.2) is 32.7 Å². The zero-order chi connectivity index (χ0) is 23.5. The van der Waals surface area contributed by atoms with Crippen LogP contribution in [0.5, 0.6) is 0 Å². The molecule has 5 nitrogen and oxygen atoms in total. The van der Waals surface area contributed by atoms with Gasteiger partial charge in [0.05, 0.1) is 12.1 Å². The number of aromatic nitrogens is 2. The standard InChI is InChI=1S/C25H29N3O2.C2H6/c1-17-6-9-22-20(14-17)21-16-27(24(29)30-25(3,4)5)12-11-23(21)28(22)13-10-19-8-7-18(2)26-15-19;1-2/h6-10,13-15H,11-12,16H2,1-5H3;1-2H3/b13-10+;. The summed E-state index contributed by atoms with van der Waals surface area (Å²) in [4.78, 5) is 18.8. The molecule has 0 N–H and O–H groups in total. The lowest BCUT2D eigenvalue weighted by atomic mass is 10.0. The highest BCUT2D eigenvalue weighted by Crippen LogP contribution is 2.32. The maximum Gasteiger partial charge on any atom is 0.410 e. The van der Waals surface area contributed by atoms with Crippen LogP contribution < -0.4 is 0 Å². The van der Waals surface area contributed by atoms with Crippen molar-refractivity contribution in [2.75, 3.05) is 6.54 Å². The summed E-state index contributed by atoms with van der Waals surface area (Å²) in [7, 11) is 0. The minimum atomic E-state index is -0.493. The molecule has 0 fully saturated rings. The molecule has 1 aromatic carbocycles. The molecule has 5 heteroatoms. The monoisotopic (exact) mass is 433 g/mol. The second-order valence-corrected chi connectivity index (χ2v) is 9.02. The van der Waals surface area contributed by atoms with E-state index < -0.39 is 5.60 Å². The molecular weight excluding hydrogens is 398 g/mol. The fourth-order valence-corrected chi connectivity index (χ4v) is 3.90. The predicted octanol–water partition coefficient (Wildman–Crippen LogP) is 6.60. The third kappa shape index (κ3) is 5.21. The van der Waals surface area contributed by atoms with Gasteiger partial charge in [0.1, 0.15) is 5.60 Å². The fraction of sp³-hybridized carbons (Fsp3) is 0.407. The number of fused-ring (bicyclic) bond motifs is 3. The normalized spacial score (nSPS) is 13.7. The predicted molar refractivity (Wildman–Crippen MR) is 133 cm³/mol. The smallest absolute Gasteiger partial charge is 0.410 e. The highest BCUT2D eigenvalue weighted by atomic mass is 16.6. The van der Waals surface area contributed by atoms with E-state index >= 15 is 0 Å². The van der Waals surface area contributed by atoms with Crippen LogP contribution in [0, 0.1) is 13.8 Å². The molecule has 32 heavy (non-hydrogen) atoms. The van der Waals surface area contributed by atoms with E-state index in [4.69, 9.17) is 4.74 Å². The van der Waals surface area contributed by atoms with E-state index in [1.807, 2.05) is 58.7 Å². The second-order valence-electron chi connectivity index (χ2n) is 9.02. The van der Waals surface area contributed by atoms with E-state index in [9.17, 15) is 4.79 Å². The topological polar surface area (TPSA) is 47.4 Å². The number of hydrogen-bond donors (Lipinski definition) is 0. The Hall–Kier alpha value is -3.08. The van der Waals surface area contributed by atoms with Crippen LogP contribution in [0.3, 0.4) is 0 Å². The minimum Gasteiger partial charge on any atom is -0.444 e. The van der Waals surface area contributed by atoms with Gasteiger partial charge in [0.15, 0.2) is 0 Å². The Bertz CT molecular complexity index is 1120. The summed E-state index contributed by atoms with van der Waals surface area (Å²) >= 11 is 0. The molecule has 3 aromatic rings.